The summed E-state index contributed by atoms with van der Waals surface area (Å²) < 4.78 is 33.2. The molecule has 6 atom stereocenters. The zero-order valence-electron chi connectivity index (χ0n) is 22.9. The predicted octanol–water partition coefficient (Wildman–Crippen LogP) is 5.17. The molecule has 202 valence electrons. The quantitative estimate of drug-likeness (QED) is 0.485. The lowest BCUT2D eigenvalue weighted by molar-refractivity contribution is -0.279. The average Bonchev–Trinajstić information content (AvgIpc) is 3.00. The summed E-state index contributed by atoms with van der Waals surface area (Å²) in [6.07, 6.45) is -0.863. The van der Waals surface area contributed by atoms with E-state index in [1.165, 1.54) is 0 Å². The summed E-state index contributed by atoms with van der Waals surface area (Å²) in [5.41, 5.74) is 2.50. The molecule has 1 aliphatic carbocycles. The predicted molar refractivity (Wildman–Crippen MR) is 144 cm³/mol. The molecule has 4 rings (SSSR count). The van der Waals surface area contributed by atoms with E-state index < -0.39 is 53.9 Å². The van der Waals surface area contributed by atoms with Gasteiger partial charge >= 0.3 is 17.1 Å². The van der Waals surface area contributed by atoms with E-state index in [0.717, 1.165) is 11.1 Å². The molecule has 0 spiro atoms. The van der Waals surface area contributed by atoms with Gasteiger partial charge in [0.1, 0.15) is 24.4 Å². The molecule has 0 unspecified atom stereocenters. The zero-order valence-corrected chi connectivity index (χ0v) is 24.9. The van der Waals surface area contributed by atoms with Crippen molar-refractivity contribution in [2.24, 2.45) is 0 Å². The maximum absolute atomic E-state index is 11.6. The van der Waals surface area contributed by atoms with Crippen molar-refractivity contribution in [1.29, 1.82) is 0 Å². The Morgan fingerprint density at radius 1 is 0.861 bits per heavy atom. The summed E-state index contributed by atoms with van der Waals surface area (Å²) in [7, 11) is -5.59. The number of benzene rings is 1. The summed E-state index contributed by atoms with van der Waals surface area (Å²) >= 11 is 0. The number of ether oxygens (including phenoxy) is 2. The maximum Gasteiger partial charge on any atom is 0.335 e. The van der Waals surface area contributed by atoms with E-state index in [1.807, 2.05) is 36.4 Å². The van der Waals surface area contributed by atoms with Gasteiger partial charge in [-0.1, -0.05) is 91.8 Å². The number of aliphatic hydroxyl groups excluding tert-OH is 2. The molecule has 3 aliphatic rings. The number of hydrogen-bond donors (Lipinski definition) is 2. The van der Waals surface area contributed by atoms with E-state index >= 15 is 0 Å². The highest BCUT2D eigenvalue weighted by Gasteiger charge is 2.63. The third-order valence-electron chi connectivity index (χ3n) is 7.98. The number of hydrogen-bond acceptors (Lipinski definition) is 7. The molecule has 2 N–H and O–H groups in total. The van der Waals surface area contributed by atoms with Crippen LogP contribution < -0.4 is 0 Å². The first-order chi connectivity index (χ1) is 16.9. The van der Waals surface area contributed by atoms with Crippen LogP contribution in [0, 0.1) is 0 Å². The van der Waals surface area contributed by atoms with Crippen molar-refractivity contribution < 1.29 is 32.7 Å². The van der Waals surface area contributed by atoms with Crippen molar-refractivity contribution in [3.63, 3.8) is 0 Å². The van der Waals surface area contributed by atoms with Crippen molar-refractivity contribution in [3.05, 3.63) is 41.5 Å². The van der Waals surface area contributed by atoms with E-state index in [0.29, 0.717) is 0 Å². The standard InChI is InChI=1S/C27H44O7Si2/c1-16(2)35(17(3)4)32-23-15-30-27(25(29)26(23)33-36(34-35,18(5)6)19(7)8)31-22-14-13-20-11-9-10-12-21(20)24(22)28/h9-14,16-19,22-29H,15H2,1-8H3/t22-,23-,24-,25+,26+,27+/m1/s1. The van der Waals surface area contributed by atoms with Crippen LogP contribution in [0.2, 0.25) is 22.2 Å². The topological polar surface area (TPSA) is 86.6 Å². The molecular weight excluding hydrogens is 492 g/mol. The Kier molecular flexibility index (Phi) is 8.36. The second kappa shape index (κ2) is 10.7. The fourth-order valence-corrected chi connectivity index (χ4v) is 17.2. The first kappa shape index (κ1) is 28.1. The zero-order chi connectivity index (χ0) is 26.4. The monoisotopic (exact) mass is 536 g/mol. The lowest BCUT2D eigenvalue weighted by atomic mass is 9.93. The molecule has 36 heavy (non-hydrogen) atoms. The third kappa shape index (κ3) is 4.83. The summed E-state index contributed by atoms with van der Waals surface area (Å²) in [5.74, 6) is 0. The lowest BCUT2D eigenvalue weighted by Gasteiger charge is -2.46. The van der Waals surface area contributed by atoms with Gasteiger partial charge in [-0.25, -0.2) is 0 Å². The second-order valence-corrected chi connectivity index (χ2v) is 20.4. The van der Waals surface area contributed by atoms with Gasteiger partial charge in [-0.3, -0.25) is 0 Å². The van der Waals surface area contributed by atoms with Gasteiger partial charge in [0.05, 0.1) is 12.7 Å². The molecule has 1 aromatic carbocycles. The van der Waals surface area contributed by atoms with Crippen LogP contribution in [0.3, 0.4) is 0 Å². The molecule has 2 aliphatic heterocycles. The summed E-state index contributed by atoms with van der Waals surface area (Å²) in [4.78, 5) is 0. The summed E-state index contributed by atoms with van der Waals surface area (Å²) in [5, 5.41) is 22.5. The van der Waals surface area contributed by atoms with E-state index in [4.69, 9.17) is 22.4 Å². The van der Waals surface area contributed by atoms with Gasteiger partial charge in [-0.15, -0.1) is 0 Å². The van der Waals surface area contributed by atoms with Gasteiger partial charge < -0.3 is 32.7 Å². The van der Waals surface area contributed by atoms with Gasteiger partial charge in [0.15, 0.2) is 6.29 Å². The van der Waals surface area contributed by atoms with Crippen LogP contribution in [0.25, 0.3) is 6.08 Å². The minimum Gasteiger partial charge on any atom is -0.414 e. The molecule has 0 radical (unpaired) electrons. The Balaban J connectivity index is 1.63. The normalized spacial score (nSPS) is 33.6. The van der Waals surface area contributed by atoms with Gasteiger partial charge in [-0.2, -0.15) is 0 Å². The fraction of sp³-hybridized carbons (Fsp3) is 0.704. The Hall–Kier alpha value is -0.886. The highest BCUT2D eigenvalue weighted by molar-refractivity contribution is 6.84. The van der Waals surface area contributed by atoms with E-state index in [9.17, 15) is 10.2 Å². The van der Waals surface area contributed by atoms with Gasteiger partial charge in [0.25, 0.3) is 0 Å². The maximum atomic E-state index is 11.6. The Bertz CT molecular complexity index is 918. The Morgan fingerprint density at radius 3 is 2.06 bits per heavy atom. The van der Waals surface area contributed by atoms with Crippen LogP contribution in [0.15, 0.2) is 30.3 Å². The molecule has 0 bridgehead atoms. The SMILES string of the molecule is CC(C)[Si]1(C(C)C)O[C@@H]2[C@H](O)[C@H](O[C@@H]3C=Cc4ccccc4[C@H]3O)OC[C@H]2O[Si](C(C)C)(C(C)C)O1. The minimum atomic E-state index is -2.84. The first-order valence-electron chi connectivity index (χ1n) is 13.4. The summed E-state index contributed by atoms with van der Waals surface area (Å²) in [6.45, 7) is 17.6. The lowest BCUT2D eigenvalue weighted by Crippen LogP contribution is -2.60. The molecule has 7 nitrogen and oxygen atoms in total. The summed E-state index contributed by atoms with van der Waals surface area (Å²) in [6, 6.07) is 7.68. The average molecular weight is 537 g/mol. The number of aliphatic hydroxyl groups is 2. The molecular formula is C27H44O7Si2. The first-order valence-corrected chi connectivity index (χ1v) is 17.3. The smallest absolute Gasteiger partial charge is 0.335 e. The number of fused-ring (bicyclic) bond motifs is 2. The fourth-order valence-electron chi connectivity index (χ4n) is 5.91. The van der Waals surface area contributed by atoms with E-state index in [2.05, 4.69) is 55.4 Å². The third-order valence-corrected chi connectivity index (χ3v) is 18.3. The van der Waals surface area contributed by atoms with Crippen molar-refractivity contribution >= 4 is 23.2 Å². The molecule has 0 amide bonds. The van der Waals surface area contributed by atoms with Crippen LogP contribution in [-0.4, -0.2) is 64.6 Å². The molecule has 0 saturated carbocycles. The van der Waals surface area contributed by atoms with Crippen LogP contribution in [0.4, 0.5) is 0 Å². The van der Waals surface area contributed by atoms with Gasteiger partial charge in [0, 0.05) is 0 Å². The number of rotatable bonds is 6. The van der Waals surface area contributed by atoms with Crippen molar-refractivity contribution in [1.82, 2.24) is 0 Å². The second-order valence-electron chi connectivity index (χ2n) is 11.6. The molecule has 2 saturated heterocycles. The molecule has 2 fully saturated rings. The van der Waals surface area contributed by atoms with Crippen molar-refractivity contribution in [2.75, 3.05) is 6.61 Å². The van der Waals surface area contributed by atoms with Gasteiger partial charge in [0.2, 0.25) is 0 Å². The van der Waals surface area contributed by atoms with Crippen LogP contribution in [-0.2, 0) is 22.4 Å². The molecule has 2 heterocycles. The van der Waals surface area contributed by atoms with Crippen LogP contribution >= 0.6 is 0 Å². The van der Waals surface area contributed by atoms with Gasteiger partial charge in [-0.05, 0) is 33.3 Å². The largest absolute Gasteiger partial charge is 0.414 e. The molecule has 0 aromatic heterocycles. The van der Waals surface area contributed by atoms with Crippen molar-refractivity contribution in [3.8, 4) is 0 Å². The highest BCUT2D eigenvalue weighted by atomic mass is 28.5. The van der Waals surface area contributed by atoms with Crippen LogP contribution in [0.5, 0.6) is 0 Å². The Labute approximate surface area is 218 Å². The van der Waals surface area contributed by atoms with Crippen LogP contribution in [0.1, 0.15) is 72.6 Å². The van der Waals surface area contributed by atoms with E-state index in [-0.39, 0.29) is 28.8 Å². The highest BCUT2D eigenvalue weighted by Crippen LogP contribution is 2.49. The molecule has 1 aromatic rings. The molecule has 9 heteroatoms. The van der Waals surface area contributed by atoms with E-state index in [1.54, 1.807) is 0 Å². The minimum absolute atomic E-state index is 0.165. The van der Waals surface area contributed by atoms with Crippen molar-refractivity contribution in [2.45, 2.75) is 114 Å². The Morgan fingerprint density at radius 2 is 1.44 bits per heavy atom.